The van der Waals surface area contributed by atoms with Crippen LogP contribution in [0.15, 0.2) is 47.7 Å². The Hall–Kier alpha value is -2.80. The second-order valence-corrected chi connectivity index (χ2v) is 7.24. The average molecular weight is 346 g/mol. The molecule has 0 spiro atoms. The van der Waals surface area contributed by atoms with Crippen LogP contribution in [0.2, 0.25) is 0 Å². The van der Waals surface area contributed by atoms with Crippen molar-refractivity contribution in [2.75, 3.05) is 5.32 Å². The molecule has 4 rings (SSSR count). The van der Waals surface area contributed by atoms with Gasteiger partial charge in [0.05, 0.1) is 0 Å². The number of nitrogens with one attached hydrogen (secondary N) is 2. The minimum absolute atomic E-state index is 0.118. The third kappa shape index (κ3) is 4.43. The molecule has 2 N–H and O–H groups in total. The summed E-state index contributed by atoms with van der Waals surface area (Å²) in [6.07, 6.45) is 9.68. The van der Waals surface area contributed by atoms with Crippen LogP contribution < -0.4 is 10.6 Å². The van der Waals surface area contributed by atoms with Gasteiger partial charge in [0.15, 0.2) is 0 Å². The van der Waals surface area contributed by atoms with E-state index < -0.39 is 0 Å². The van der Waals surface area contributed by atoms with Gasteiger partial charge in [-0.2, -0.15) is 0 Å². The fraction of sp³-hybridized carbons (Fsp3) is 0.364. The molecule has 4 nitrogen and oxygen atoms in total. The molecule has 3 aliphatic rings. The number of anilines is 1. The molecule has 2 fully saturated rings. The van der Waals surface area contributed by atoms with Gasteiger partial charge >= 0.3 is 0 Å². The van der Waals surface area contributed by atoms with Crippen LogP contribution in [0.4, 0.5) is 5.69 Å². The third-order valence-electron chi connectivity index (χ3n) is 4.85. The Labute approximate surface area is 153 Å². The summed E-state index contributed by atoms with van der Waals surface area (Å²) in [7, 11) is 0. The van der Waals surface area contributed by atoms with Crippen molar-refractivity contribution in [3.63, 3.8) is 0 Å². The number of carbonyl (C=O) groups excluding carboxylic acids is 2. The third-order valence-corrected chi connectivity index (χ3v) is 4.85. The van der Waals surface area contributed by atoms with Crippen LogP contribution in [0.3, 0.4) is 0 Å². The highest BCUT2D eigenvalue weighted by Gasteiger charge is 2.30. The van der Waals surface area contributed by atoms with E-state index in [1.54, 1.807) is 0 Å². The average Bonchev–Trinajstić information content (AvgIpc) is 3.54. The monoisotopic (exact) mass is 346 g/mol. The Bertz CT molecular complexity index is 844. The molecule has 0 aromatic heterocycles. The van der Waals surface area contributed by atoms with Crippen LogP contribution in [0.25, 0.3) is 0 Å². The lowest BCUT2D eigenvalue weighted by molar-refractivity contribution is -0.121. The summed E-state index contributed by atoms with van der Waals surface area (Å²) in [5.41, 5.74) is 3.80. The first kappa shape index (κ1) is 16.7. The summed E-state index contributed by atoms with van der Waals surface area (Å²) in [6, 6.07) is 7.64. The van der Waals surface area contributed by atoms with Crippen molar-refractivity contribution in [2.24, 2.45) is 11.8 Å². The summed E-state index contributed by atoms with van der Waals surface area (Å²) in [6.45, 7) is 0. The summed E-state index contributed by atoms with van der Waals surface area (Å²) >= 11 is 0. The van der Waals surface area contributed by atoms with Crippen molar-refractivity contribution in [3.8, 4) is 11.8 Å². The van der Waals surface area contributed by atoms with Crippen molar-refractivity contribution >= 4 is 17.5 Å². The maximum Gasteiger partial charge on any atom is 0.227 e. The molecule has 0 unspecified atom stereocenters. The van der Waals surface area contributed by atoms with E-state index in [2.05, 4.69) is 22.5 Å². The summed E-state index contributed by atoms with van der Waals surface area (Å²) in [5.74, 6) is 7.09. The van der Waals surface area contributed by atoms with Crippen molar-refractivity contribution in [3.05, 3.63) is 53.3 Å². The lowest BCUT2D eigenvalue weighted by atomic mass is 10.0. The van der Waals surface area contributed by atoms with Crippen molar-refractivity contribution in [1.29, 1.82) is 0 Å². The predicted octanol–water partition coefficient (Wildman–Crippen LogP) is 3.52. The molecule has 0 heterocycles. The van der Waals surface area contributed by atoms with Crippen molar-refractivity contribution in [1.82, 2.24) is 5.32 Å². The molecule has 132 valence electrons. The first-order valence-electron chi connectivity index (χ1n) is 9.31. The van der Waals surface area contributed by atoms with E-state index in [0.29, 0.717) is 0 Å². The van der Waals surface area contributed by atoms with Crippen LogP contribution >= 0.6 is 0 Å². The zero-order valence-corrected chi connectivity index (χ0v) is 14.7. The van der Waals surface area contributed by atoms with Gasteiger partial charge in [-0.3, -0.25) is 9.59 Å². The van der Waals surface area contributed by atoms with Gasteiger partial charge in [0.2, 0.25) is 11.8 Å². The maximum absolute atomic E-state index is 11.8. The zero-order valence-electron chi connectivity index (χ0n) is 14.7. The lowest BCUT2D eigenvalue weighted by Gasteiger charge is -2.12. The van der Waals surface area contributed by atoms with Gasteiger partial charge in [-0.25, -0.2) is 0 Å². The molecule has 26 heavy (non-hydrogen) atoms. The molecule has 0 bridgehead atoms. The van der Waals surface area contributed by atoms with Crippen LogP contribution in [-0.4, -0.2) is 11.8 Å². The van der Waals surface area contributed by atoms with Gasteiger partial charge in [-0.05, 0) is 74.9 Å². The van der Waals surface area contributed by atoms with E-state index in [0.717, 1.165) is 61.0 Å². The van der Waals surface area contributed by atoms with E-state index in [9.17, 15) is 9.59 Å². The SMILES string of the molecule is O=C(NC1=CC=C(C#Cc2ccc(NC(=O)C3CC3)cc2)CC1)C1CC1. The van der Waals surface area contributed by atoms with Crippen LogP contribution in [-0.2, 0) is 9.59 Å². The van der Waals surface area contributed by atoms with E-state index in [-0.39, 0.29) is 23.7 Å². The lowest BCUT2D eigenvalue weighted by Crippen LogP contribution is -2.24. The smallest absolute Gasteiger partial charge is 0.227 e. The second-order valence-electron chi connectivity index (χ2n) is 7.24. The fourth-order valence-corrected chi connectivity index (χ4v) is 2.83. The number of hydrogen-bond donors (Lipinski definition) is 2. The van der Waals surface area contributed by atoms with Gasteiger partial charge in [-0.1, -0.05) is 11.8 Å². The molecule has 2 amide bonds. The Morgan fingerprint density at radius 1 is 0.808 bits per heavy atom. The maximum atomic E-state index is 11.8. The molecule has 1 aromatic rings. The Balaban J connectivity index is 1.33. The number of carbonyl (C=O) groups is 2. The molecule has 1 aromatic carbocycles. The summed E-state index contributed by atoms with van der Waals surface area (Å²) in [5, 5.41) is 5.93. The molecular formula is C22H22N2O2. The molecule has 3 aliphatic carbocycles. The predicted molar refractivity (Wildman–Crippen MR) is 101 cm³/mol. The Kier molecular flexibility index (Phi) is 4.62. The van der Waals surface area contributed by atoms with Gasteiger partial charge in [0.25, 0.3) is 0 Å². The van der Waals surface area contributed by atoms with Crippen LogP contribution in [0, 0.1) is 23.7 Å². The van der Waals surface area contributed by atoms with Crippen molar-refractivity contribution < 1.29 is 9.59 Å². The Morgan fingerprint density at radius 3 is 2.04 bits per heavy atom. The highest BCUT2D eigenvalue weighted by molar-refractivity contribution is 5.94. The number of rotatable bonds is 4. The first-order valence-corrected chi connectivity index (χ1v) is 9.31. The number of benzene rings is 1. The Morgan fingerprint density at radius 2 is 1.46 bits per heavy atom. The molecule has 0 atom stereocenters. The normalized spacial score (nSPS) is 18.8. The summed E-state index contributed by atoms with van der Waals surface area (Å²) < 4.78 is 0. The highest BCUT2D eigenvalue weighted by Crippen LogP contribution is 2.30. The minimum Gasteiger partial charge on any atom is -0.330 e. The molecular weight excluding hydrogens is 324 g/mol. The standard InChI is InChI=1S/C22H22N2O2/c25-21(17-7-8-17)23-19-11-3-15(4-12-19)1-2-16-5-13-20(14-6-16)24-22(26)18-9-10-18/h3-5,11-13,17-18H,6-10,14H2,(H,23,25)(H,24,26). The van der Waals surface area contributed by atoms with E-state index >= 15 is 0 Å². The van der Waals surface area contributed by atoms with E-state index in [4.69, 9.17) is 0 Å². The van der Waals surface area contributed by atoms with Crippen molar-refractivity contribution in [2.45, 2.75) is 38.5 Å². The molecule has 2 saturated carbocycles. The van der Waals surface area contributed by atoms with Gasteiger partial charge in [0, 0.05) is 34.4 Å². The topological polar surface area (TPSA) is 58.2 Å². The number of amides is 2. The highest BCUT2D eigenvalue weighted by atomic mass is 16.2. The van der Waals surface area contributed by atoms with Gasteiger partial charge < -0.3 is 10.6 Å². The van der Waals surface area contributed by atoms with Crippen LogP contribution in [0.5, 0.6) is 0 Å². The zero-order chi connectivity index (χ0) is 17.9. The number of hydrogen-bond acceptors (Lipinski definition) is 2. The minimum atomic E-state index is 0.118. The largest absolute Gasteiger partial charge is 0.330 e. The van der Waals surface area contributed by atoms with E-state index in [1.807, 2.05) is 36.4 Å². The quantitative estimate of drug-likeness (QED) is 0.820. The van der Waals surface area contributed by atoms with Crippen LogP contribution in [0.1, 0.15) is 44.1 Å². The second kappa shape index (κ2) is 7.21. The summed E-state index contributed by atoms with van der Waals surface area (Å²) in [4.78, 5) is 23.5. The first-order chi connectivity index (χ1) is 12.7. The number of allylic oxidation sites excluding steroid dienone is 4. The van der Waals surface area contributed by atoms with Gasteiger partial charge in [-0.15, -0.1) is 0 Å². The molecule has 0 aliphatic heterocycles. The van der Waals surface area contributed by atoms with E-state index in [1.165, 1.54) is 0 Å². The molecule has 4 heteroatoms. The molecule has 0 saturated heterocycles. The molecule has 0 radical (unpaired) electrons. The fourth-order valence-electron chi connectivity index (χ4n) is 2.83. The van der Waals surface area contributed by atoms with Gasteiger partial charge in [0.1, 0.15) is 0 Å².